The summed E-state index contributed by atoms with van der Waals surface area (Å²) >= 11 is 0. The Bertz CT molecular complexity index is 812. The predicted octanol–water partition coefficient (Wildman–Crippen LogP) is 2.77. The van der Waals surface area contributed by atoms with E-state index in [0.717, 1.165) is 29.9 Å². The molecule has 25 heavy (non-hydrogen) atoms. The minimum atomic E-state index is 0.128. The summed E-state index contributed by atoms with van der Waals surface area (Å²) in [5.74, 6) is 0.655. The molecule has 3 rings (SSSR count). The van der Waals surface area contributed by atoms with Crippen molar-refractivity contribution >= 4 is 5.95 Å². The van der Waals surface area contributed by atoms with Gasteiger partial charge in [-0.25, -0.2) is 14.6 Å². The molecule has 0 aliphatic heterocycles. The maximum atomic E-state index is 4.70. The van der Waals surface area contributed by atoms with Crippen LogP contribution in [0.4, 0.5) is 5.95 Å². The fourth-order valence-corrected chi connectivity index (χ4v) is 2.72. The van der Waals surface area contributed by atoms with Crippen molar-refractivity contribution in [3.8, 4) is 5.69 Å². The Hall–Kier alpha value is -2.83. The highest BCUT2D eigenvalue weighted by molar-refractivity contribution is 5.39. The average molecular weight is 337 g/mol. The van der Waals surface area contributed by atoms with Crippen LogP contribution in [0.2, 0.25) is 0 Å². The van der Waals surface area contributed by atoms with Crippen LogP contribution < -0.4 is 4.90 Å². The summed E-state index contributed by atoms with van der Waals surface area (Å²) < 4.78 is 1.74. The average Bonchev–Trinajstić information content (AvgIpc) is 3.21. The molecular formula is C18H23N7. The highest BCUT2D eigenvalue weighted by Gasteiger charge is 2.17. The summed E-state index contributed by atoms with van der Waals surface area (Å²) in [7, 11) is 2.00. The summed E-state index contributed by atoms with van der Waals surface area (Å²) in [5, 5.41) is 12.8. The van der Waals surface area contributed by atoms with Gasteiger partial charge in [0.1, 0.15) is 12.7 Å². The molecule has 0 spiro atoms. The van der Waals surface area contributed by atoms with Gasteiger partial charge in [-0.1, -0.05) is 26.0 Å². The number of anilines is 1. The highest BCUT2D eigenvalue weighted by Crippen LogP contribution is 2.23. The second-order valence-corrected chi connectivity index (χ2v) is 5.93. The maximum Gasteiger partial charge on any atom is 0.245 e. The number of aromatic nitrogens is 6. The molecule has 2 heterocycles. The highest BCUT2D eigenvalue weighted by atomic mass is 15.3. The van der Waals surface area contributed by atoms with E-state index in [1.165, 1.54) is 11.9 Å². The number of benzene rings is 1. The van der Waals surface area contributed by atoms with Gasteiger partial charge < -0.3 is 4.90 Å². The van der Waals surface area contributed by atoms with E-state index in [4.69, 9.17) is 4.98 Å². The molecular weight excluding hydrogens is 314 g/mol. The van der Waals surface area contributed by atoms with Crippen LogP contribution in [0.1, 0.15) is 43.8 Å². The van der Waals surface area contributed by atoms with Crippen molar-refractivity contribution in [1.29, 1.82) is 0 Å². The van der Waals surface area contributed by atoms with Crippen molar-refractivity contribution < 1.29 is 0 Å². The van der Waals surface area contributed by atoms with Gasteiger partial charge in [-0.3, -0.25) is 0 Å². The Balaban J connectivity index is 1.81. The molecule has 7 heteroatoms. The molecule has 0 fully saturated rings. The van der Waals surface area contributed by atoms with E-state index in [-0.39, 0.29) is 6.04 Å². The lowest BCUT2D eigenvalue weighted by Gasteiger charge is -2.25. The van der Waals surface area contributed by atoms with E-state index in [1.807, 2.05) is 19.2 Å². The van der Waals surface area contributed by atoms with Gasteiger partial charge in [-0.2, -0.15) is 10.2 Å². The molecule has 130 valence electrons. The predicted molar refractivity (Wildman–Crippen MR) is 96.8 cm³/mol. The van der Waals surface area contributed by atoms with E-state index in [9.17, 15) is 0 Å². The number of hydrogen-bond acceptors (Lipinski definition) is 6. The van der Waals surface area contributed by atoms with Crippen LogP contribution in [0.25, 0.3) is 5.69 Å². The smallest absolute Gasteiger partial charge is 0.245 e. The molecule has 0 aliphatic rings. The zero-order chi connectivity index (χ0) is 17.8. The van der Waals surface area contributed by atoms with Crippen LogP contribution in [0.5, 0.6) is 0 Å². The summed E-state index contributed by atoms with van der Waals surface area (Å²) in [5.41, 5.74) is 4.15. The fourth-order valence-electron chi connectivity index (χ4n) is 2.72. The van der Waals surface area contributed by atoms with Crippen LogP contribution in [0.15, 0.2) is 36.9 Å². The van der Waals surface area contributed by atoms with Gasteiger partial charge in [0.15, 0.2) is 0 Å². The van der Waals surface area contributed by atoms with Gasteiger partial charge in [0.25, 0.3) is 0 Å². The molecule has 0 radical (unpaired) electrons. The molecule has 0 saturated heterocycles. The minimum Gasteiger partial charge on any atom is -0.336 e. The molecule has 0 bridgehead atoms. The van der Waals surface area contributed by atoms with Gasteiger partial charge in [0.2, 0.25) is 5.95 Å². The Kier molecular flexibility index (Phi) is 5.02. The van der Waals surface area contributed by atoms with Gasteiger partial charge >= 0.3 is 0 Å². The number of nitrogens with zero attached hydrogens (tertiary/aromatic N) is 7. The summed E-state index contributed by atoms with van der Waals surface area (Å²) in [6.07, 6.45) is 4.93. The van der Waals surface area contributed by atoms with Crippen LogP contribution in [0, 0.1) is 0 Å². The van der Waals surface area contributed by atoms with Gasteiger partial charge in [-0.05, 0) is 37.5 Å². The molecule has 7 nitrogen and oxygen atoms in total. The van der Waals surface area contributed by atoms with Crippen LogP contribution in [0.3, 0.4) is 0 Å². The first-order valence-electron chi connectivity index (χ1n) is 8.54. The molecule has 0 amide bonds. The Morgan fingerprint density at radius 2 is 1.76 bits per heavy atom. The molecule has 0 saturated carbocycles. The van der Waals surface area contributed by atoms with Crippen molar-refractivity contribution in [2.75, 3.05) is 11.9 Å². The van der Waals surface area contributed by atoms with E-state index < -0.39 is 0 Å². The second kappa shape index (κ2) is 7.38. The van der Waals surface area contributed by atoms with Gasteiger partial charge in [-0.15, -0.1) is 5.10 Å². The molecule has 1 unspecified atom stereocenters. The molecule has 3 aromatic rings. The van der Waals surface area contributed by atoms with Crippen molar-refractivity contribution in [3.05, 3.63) is 53.9 Å². The fraction of sp³-hybridized carbons (Fsp3) is 0.389. The summed E-state index contributed by atoms with van der Waals surface area (Å²) in [6, 6.07) is 8.37. The van der Waals surface area contributed by atoms with Crippen LogP contribution >= 0.6 is 0 Å². The normalized spacial score (nSPS) is 12.2. The monoisotopic (exact) mass is 337 g/mol. The molecule has 0 aliphatic carbocycles. The topological polar surface area (TPSA) is 72.6 Å². The van der Waals surface area contributed by atoms with Gasteiger partial charge in [0, 0.05) is 7.05 Å². The van der Waals surface area contributed by atoms with Gasteiger partial charge in [0.05, 0.1) is 23.1 Å². The largest absolute Gasteiger partial charge is 0.336 e. The van der Waals surface area contributed by atoms with E-state index in [0.29, 0.717) is 5.95 Å². The second-order valence-electron chi connectivity index (χ2n) is 5.93. The van der Waals surface area contributed by atoms with E-state index in [1.54, 1.807) is 11.0 Å². The van der Waals surface area contributed by atoms with E-state index >= 15 is 0 Å². The first-order chi connectivity index (χ1) is 12.1. The third-order valence-electron chi connectivity index (χ3n) is 4.45. The summed E-state index contributed by atoms with van der Waals surface area (Å²) in [6.45, 7) is 6.31. The molecule has 1 atom stereocenters. The SMILES string of the molecule is CCc1nnc(N(C)C(C)c2ccc(-n3cncn3)cc2)nc1CC. The first-order valence-corrected chi connectivity index (χ1v) is 8.54. The van der Waals surface area contributed by atoms with Crippen molar-refractivity contribution in [1.82, 2.24) is 29.9 Å². The van der Waals surface area contributed by atoms with Crippen LogP contribution in [-0.4, -0.2) is 37.0 Å². The van der Waals surface area contributed by atoms with Crippen molar-refractivity contribution in [3.63, 3.8) is 0 Å². The standard InChI is InChI=1S/C18H23N7/c1-5-16-17(6-2)22-23-18(21-16)24(4)13(3)14-7-9-15(10-8-14)25-12-19-11-20-25/h7-13H,5-6H2,1-4H3. The lowest BCUT2D eigenvalue weighted by Crippen LogP contribution is -2.25. The molecule has 0 N–H and O–H groups in total. The molecule has 2 aromatic heterocycles. The minimum absolute atomic E-state index is 0.128. The Morgan fingerprint density at radius 1 is 1.04 bits per heavy atom. The molecule has 1 aromatic carbocycles. The quantitative estimate of drug-likeness (QED) is 0.689. The maximum absolute atomic E-state index is 4.70. The lowest BCUT2D eigenvalue weighted by atomic mass is 10.1. The van der Waals surface area contributed by atoms with Crippen molar-refractivity contribution in [2.24, 2.45) is 0 Å². The third kappa shape index (κ3) is 3.50. The van der Waals surface area contributed by atoms with Crippen molar-refractivity contribution in [2.45, 2.75) is 39.7 Å². The first kappa shape index (κ1) is 17.0. The van der Waals surface area contributed by atoms with Crippen LogP contribution in [-0.2, 0) is 12.8 Å². The zero-order valence-electron chi connectivity index (χ0n) is 15.1. The number of rotatable bonds is 6. The Labute approximate surface area is 147 Å². The number of hydrogen-bond donors (Lipinski definition) is 0. The van der Waals surface area contributed by atoms with E-state index in [2.05, 4.69) is 58.1 Å². The summed E-state index contributed by atoms with van der Waals surface area (Å²) in [4.78, 5) is 10.7. The Morgan fingerprint density at radius 3 is 2.36 bits per heavy atom. The third-order valence-corrected chi connectivity index (χ3v) is 4.45. The number of aryl methyl sites for hydroxylation is 2. The zero-order valence-corrected chi connectivity index (χ0v) is 15.1. The lowest BCUT2D eigenvalue weighted by molar-refractivity contribution is 0.689.